The van der Waals surface area contributed by atoms with Gasteiger partial charge in [-0.15, -0.1) is 6.58 Å². The maximum absolute atomic E-state index is 11.6. The average molecular weight is 238 g/mol. The highest BCUT2D eigenvalue weighted by atomic mass is 16.2. The number of nitrogens with two attached hydrogens (primary N) is 1. The summed E-state index contributed by atoms with van der Waals surface area (Å²) in [6.45, 7) is 6.56. The quantitative estimate of drug-likeness (QED) is 0.497. The molecule has 0 aliphatic heterocycles. The van der Waals surface area contributed by atoms with Crippen molar-refractivity contribution in [1.29, 1.82) is 0 Å². The van der Waals surface area contributed by atoms with Crippen molar-refractivity contribution in [3.05, 3.63) is 33.5 Å². The summed E-state index contributed by atoms with van der Waals surface area (Å²) in [7, 11) is 0. The summed E-state index contributed by atoms with van der Waals surface area (Å²) >= 11 is 0. The molecule has 0 atom stereocenters. The molecule has 4 N–H and O–H groups in total. The lowest BCUT2D eigenvalue weighted by atomic mass is 10.3. The van der Waals surface area contributed by atoms with Crippen LogP contribution in [0, 0.1) is 0 Å². The Hall–Kier alpha value is -1.98. The van der Waals surface area contributed by atoms with Crippen LogP contribution in [0.5, 0.6) is 0 Å². The van der Waals surface area contributed by atoms with E-state index in [1.165, 1.54) is 4.57 Å². The Morgan fingerprint density at radius 2 is 2.24 bits per heavy atom. The Morgan fingerprint density at radius 3 is 2.82 bits per heavy atom. The first-order valence-corrected chi connectivity index (χ1v) is 5.59. The fraction of sp³-hybridized carbons (Fsp3) is 0.455. The second-order valence-corrected chi connectivity index (χ2v) is 3.68. The predicted octanol–water partition coefficient (Wildman–Crippen LogP) is 0.517. The van der Waals surface area contributed by atoms with E-state index in [4.69, 9.17) is 5.73 Å². The number of hydrogen-bond donors (Lipinski definition) is 3. The molecule has 17 heavy (non-hydrogen) atoms. The molecule has 0 unspecified atom stereocenters. The zero-order valence-electron chi connectivity index (χ0n) is 9.95. The van der Waals surface area contributed by atoms with Gasteiger partial charge in [-0.3, -0.25) is 14.3 Å². The summed E-state index contributed by atoms with van der Waals surface area (Å²) in [4.78, 5) is 25.3. The van der Waals surface area contributed by atoms with Crippen LogP contribution in [0.4, 0.5) is 11.5 Å². The summed E-state index contributed by atoms with van der Waals surface area (Å²) in [5.74, 6) is 0.185. The van der Waals surface area contributed by atoms with E-state index >= 15 is 0 Å². The number of nitrogens with zero attached hydrogens (tertiary/aromatic N) is 1. The Bertz CT molecular complexity index is 501. The third kappa shape index (κ3) is 2.99. The molecule has 6 nitrogen and oxygen atoms in total. The number of nitrogens with one attached hydrogen (secondary N) is 2. The molecule has 0 aliphatic carbocycles. The van der Waals surface area contributed by atoms with E-state index in [9.17, 15) is 9.59 Å². The van der Waals surface area contributed by atoms with E-state index in [0.29, 0.717) is 19.5 Å². The smallest absolute Gasteiger partial charge is 0.330 e. The monoisotopic (exact) mass is 238 g/mol. The Balaban J connectivity index is 3.11. The van der Waals surface area contributed by atoms with Gasteiger partial charge < -0.3 is 11.1 Å². The van der Waals surface area contributed by atoms with Gasteiger partial charge in [0.2, 0.25) is 0 Å². The number of aromatic amines is 1. The Labute approximate surface area is 99.2 Å². The molecule has 94 valence electrons. The number of nitrogen functional groups attached to an aromatic ring is 1. The molecule has 0 saturated carbocycles. The van der Waals surface area contributed by atoms with Crippen molar-refractivity contribution < 1.29 is 0 Å². The fourth-order valence-electron chi connectivity index (χ4n) is 1.50. The highest BCUT2D eigenvalue weighted by molar-refractivity contribution is 5.60. The predicted molar refractivity (Wildman–Crippen MR) is 69.3 cm³/mol. The second-order valence-electron chi connectivity index (χ2n) is 3.68. The van der Waals surface area contributed by atoms with Crippen molar-refractivity contribution in [3.63, 3.8) is 0 Å². The van der Waals surface area contributed by atoms with Crippen molar-refractivity contribution in [2.45, 2.75) is 26.3 Å². The lowest BCUT2D eigenvalue weighted by Crippen LogP contribution is -2.34. The van der Waals surface area contributed by atoms with Gasteiger partial charge >= 0.3 is 5.69 Å². The number of anilines is 2. The molecule has 1 rings (SSSR count). The molecule has 1 aromatic heterocycles. The van der Waals surface area contributed by atoms with Gasteiger partial charge in [0.25, 0.3) is 5.56 Å². The van der Waals surface area contributed by atoms with Crippen molar-refractivity contribution in [2.75, 3.05) is 17.6 Å². The third-order valence-electron chi connectivity index (χ3n) is 2.34. The molecule has 0 fully saturated rings. The van der Waals surface area contributed by atoms with Crippen molar-refractivity contribution >= 4 is 11.5 Å². The fourth-order valence-corrected chi connectivity index (χ4v) is 1.50. The SMILES string of the molecule is C=CCCNc1c(N)n(CCC)c(=O)[nH]c1=O. The zero-order valence-corrected chi connectivity index (χ0v) is 9.95. The number of rotatable bonds is 6. The molecule has 0 spiro atoms. The standard InChI is InChI=1S/C11H18N4O2/c1-3-5-6-13-8-9(12)15(7-4-2)11(17)14-10(8)16/h3,13H,1,4-7,12H2,2H3,(H,14,16,17). The van der Waals surface area contributed by atoms with Gasteiger partial charge in [-0.25, -0.2) is 4.79 Å². The summed E-state index contributed by atoms with van der Waals surface area (Å²) in [6, 6.07) is 0. The summed E-state index contributed by atoms with van der Waals surface area (Å²) in [6.07, 6.45) is 3.22. The van der Waals surface area contributed by atoms with Crippen LogP contribution in [0.3, 0.4) is 0 Å². The topological polar surface area (TPSA) is 92.9 Å². The molecule has 0 saturated heterocycles. The molecule has 0 bridgehead atoms. The van der Waals surface area contributed by atoms with Crippen LogP contribution in [0.1, 0.15) is 19.8 Å². The molecule has 0 radical (unpaired) electrons. The van der Waals surface area contributed by atoms with Crippen LogP contribution in [0.2, 0.25) is 0 Å². The molecular formula is C11H18N4O2. The zero-order chi connectivity index (χ0) is 12.8. The maximum Gasteiger partial charge on any atom is 0.330 e. The van der Waals surface area contributed by atoms with Gasteiger partial charge in [-0.2, -0.15) is 0 Å². The van der Waals surface area contributed by atoms with Crippen LogP contribution in [0.25, 0.3) is 0 Å². The molecule has 0 amide bonds. The Morgan fingerprint density at radius 1 is 1.53 bits per heavy atom. The van der Waals surface area contributed by atoms with Crippen LogP contribution < -0.4 is 22.3 Å². The average Bonchev–Trinajstić information content (AvgIpc) is 2.29. The van der Waals surface area contributed by atoms with E-state index < -0.39 is 11.2 Å². The summed E-state index contributed by atoms with van der Waals surface area (Å²) < 4.78 is 1.36. The lowest BCUT2D eigenvalue weighted by molar-refractivity contribution is 0.642. The van der Waals surface area contributed by atoms with E-state index in [1.54, 1.807) is 6.08 Å². The van der Waals surface area contributed by atoms with Gasteiger partial charge in [0, 0.05) is 13.1 Å². The minimum Gasteiger partial charge on any atom is -0.383 e. The van der Waals surface area contributed by atoms with Gasteiger partial charge in [-0.1, -0.05) is 13.0 Å². The van der Waals surface area contributed by atoms with E-state index in [2.05, 4.69) is 16.9 Å². The second kappa shape index (κ2) is 5.93. The number of aromatic nitrogens is 2. The summed E-state index contributed by atoms with van der Waals surface area (Å²) in [5.41, 5.74) is 5.11. The first-order chi connectivity index (χ1) is 8.11. The molecule has 1 aromatic rings. The third-order valence-corrected chi connectivity index (χ3v) is 2.34. The van der Waals surface area contributed by atoms with Crippen LogP contribution in [0.15, 0.2) is 22.2 Å². The molecular weight excluding hydrogens is 220 g/mol. The molecule has 1 heterocycles. The minimum absolute atomic E-state index is 0.185. The minimum atomic E-state index is -0.482. The van der Waals surface area contributed by atoms with Crippen molar-refractivity contribution in [3.8, 4) is 0 Å². The first-order valence-electron chi connectivity index (χ1n) is 5.59. The molecule has 0 aromatic carbocycles. The van der Waals surface area contributed by atoms with Gasteiger partial charge in [0.05, 0.1) is 0 Å². The van der Waals surface area contributed by atoms with Gasteiger partial charge in [0.15, 0.2) is 0 Å². The largest absolute Gasteiger partial charge is 0.383 e. The van der Waals surface area contributed by atoms with Crippen LogP contribution in [-0.4, -0.2) is 16.1 Å². The Kier molecular flexibility index (Phi) is 4.56. The van der Waals surface area contributed by atoms with Gasteiger partial charge in [0.1, 0.15) is 11.5 Å². The van der Waals surface area contributed by atoms with Crippen molar-refractivity contribution in [1.82, 2.24) is 9.55 Å². The van der Waals surface area contributed by atoms with Gasteiger partial charge in [-0.05, 0) is 12.8 Å². The highest BCUT2D eigenvalue weighted by Crippen LogP contribution is 2.10. The summed E-state index contributed by atoms with van der Waals surface area (Å²) in [5, 5.41) is 2.91. The normalized spacial score (nSPS) is 10.2. The highest BCUT2D eigenvalue weighted by Gasteiger charge is 2.10. The maximum atomic E-state index is 11.6. The number of H-pyrrole nitrogens is 1. The lowest BCUT2D eigenvalue weighted by Gasteiger charge is -2.12. The number of hydrogen-bond acceptors (Lipinski definition) is 4. The van der Waals surface area contributed by atoms with E-state index in [0.717, 1.165) is 6.42 Å². The van der Waals surface area contributed by atoms with Crippen LogP contribution in [-0.2, 0) is 6.54 Å². The first kappa shape index (κ1) is 13.1. The van der Waals surface area contributed by atoms with Crippen LogP contribution >= 0.6 is 0 Å². The van der Waals surface area contributed by atoms with Crippen molar-refractivity contribution in [2.24, 2.45) is 0 Å². The van der Waals surface area contributed by atoms with E-state index in [-0.39, 0.29) is 11.5 Å². The molecule has 0 aliphatic rings. The van der Waals surface area contributed by atoms with E-state index in [1.807, 2.05) is 6.92 Å². The molecule has 6 heteroatoms.